The van der Waals surface area contributed by atoms with Gasteiger partial charge in [-0.2, -0.15) is 0 Å². The molecule has 0 aliphatic carbocycles. The summed E-state index contributed by atoms with van der Waals surface area (Å²) >= 11 is 0. The molecule has 200 valence electrons. The average molecular weight is 544 g/mol. The lowest BCUT2D eigenvalue weighted by atomic mass is 9.96. The van der Waals surface area contributed by atoms with Crippen LogP contribution in [0, 0.1) is 11.6 Å². The fourth-order valence-electron chi connectivity index (χ4n) is 4.96. The van der Waals surface area contributed by atoms with Gasteiger partial charge in [-0.25, -0.2) is 32.2 Å². The molecule has 38 heavy (non-hydrogen) atoms. The Morgan fingerprint density at radius 2 is 1.92 bits per heavy atom. The Morgan fingerprint density at radius 3 is 2.66 bits per heavy atom. The summed E-state index contributed by atoms with van der Waals surface area (Å²) in [6.45, 7) is 3.88. The molecule has 2 N–H and O–H groups in total. The van der Waals surface area contributed by atoms with Crippen LogP contribution in [-0.4, -0.2) is 64.0 Å². The molecule has 0 saturated carbocycles. The zero-order chi connectivity index (χ0) is 27.0. The summed E-state index contributed by atoms with van der Waals surface area (Å²) in [5.41, 5.74) is 2.62. The molecule has 3 aromatic rings. The lowest BCUT2D eigenvalue weighted by Gasteiger charge is -2.41. The molecule has 13 heteroatoms. The second-order valence-electron chi connectivity index (χ2n) is 9.65. The molecular formula is C25H27F2N7O3S. The predicted octanol–water partition coefficient (Wildman–Crippen LogP) is 3.27. The van der Waals surface area contributed by atoms with Gasteiger partial charge in [-0.05, 0) is 44.0 Å². The first-order valence-corrected chi connectivity index (χ1v) is 14.0. The number of amides is 1. The van der Waals surface area contributed by atoms with Crippen LogP contribution >= 0.6 is 0 Å². The molecule has 0 spiro atoms. The van der Waals surface area contributed by atoms with Crippen molar-refractivity contribution < 1.29 is 22.0 Å². The molecule has 2 aliphatic rings. The molecule has 1 aromatic carbocycles. The van der Waals surface area contributed by atoms with E-state index in [0.29, 0.717) is 36.8 Å². The number of fused-ring (bicyclic) bond motifs is 1. The van der Waals surface area contributed by atoms with Crippen molar-refractivity contribution in [3.05, 3.63) is 71.2 Å². The number of carbonyl (C=O) groups is 1. The molecule has 0 bridgehead atoms. The number of aromatic nitrogens is 3. The second-order valence-corrected chi connectivity index (χ2v) is 11.4. The summed E-state index contributed by atoms with van der Waals surface area (Å²) in [7, 11) is -3.50. The number of halogens is 2. The smallest absolute Gasteiger partial charge is 0.254 e. The van der Waals surface area contributed by atoms with Gasteiger partial charge in [0.2, 0.25) is 16.0 Å². The normalized spacial score (nSPS) is 19.7. The van der Waals surface area contributed by atoms with Crippen LogP contribution in [0.2, 0.25) is 0 Å². The quantitative estimate of drug-likeness (QED) is 0.486. The molecule has 4 heterocycles. The molecule has 2 aromatic heterocycles. The number of hydrogen-bond acceptors (Lipinski definition) is 8. The zero-order valence-corrected chi connectivity index (χ0v) is 21.7. The third-order valence-electron chi connectivity index (χ3n) is 6.78. The topological polar surface area (TPSA) is 120 Å². The maximum Gasteiger partial charge on any atom is 0.254 e. The number of rotatable bonds is 6. The number of hydrogen-bond donors (Lipinski definition) is 2. The lowest BCUT2D eigenvalue weighted by molar-refractivity contribution is 0.0460. The largest absolute Gasteiger partial charge is 0.336 e. The van der Waals surface area contributed by atoms with Crippen molar-refractivity contribution in [1.82, 2.24) is 24.8 Å². The zero-order valence-electron chi connectivity index (χ0n) is 20.9. The number of benzene rings is 1. The molecule has 1 fully saturated rings. The molecule has 0 radical (unpaired) electrons. The number of nitrogens with one attached hydrogen (secondary N) is 2. The SMILES string of the molecule is C[C@@H]1C[C@H](N2Cc3cnc(Nc4ccc(F)c(F)c4)nc3C2)CCN1C(=O)c1ccnc(NS(C)(=O)=O)c1. The van der Waals surface area contributed by atoms with Gasteiger partial charge in [-0.3, -0.25) is 14.4 Å². The van der Waals surface area contributed by atoms with Crippen LogP contribution in [0.1, 0.15) is 41.4 Å². The van der Waals surface area contributed by atoms with E-state index in [9.17, 15) is 22.0 Å². The number of anilines is 3. The molecule has 1 saturated heterocycles. The van der Waals surface area contributed by atoms with Crippen molar-refractivity contribution in [2.45, 2.75) is 44.9 Å². The monoisotopic (exact) mass is 543 g/mol. The van der Waals surface area contributed by atoms with E-state index in [1.807, 2.05) is 11.8 Å². The van der Waals surface area contributed by atoms with Crippen molar-refractivity contribution in [1.29, 1.82) is 0 Å². The van der Waals surface area contributed by atoms with E-state index in [-0.39, 0.29) is 23.8 Å². The number of carbonyl (C=O) groups excluding carboxylic acids is 1. The first kappa shape index (κ1) is 25.9. The number of sulfonamides is 1. The molecule has 5 rings (SSSR count). The van der Waals surface area contributed by atoms with Gasteiger partial charge < -0.3 is 10.2 Å². The van der Waals surface area contributed by atoms with Crippen LogP contribution in [0.5, 0.6) is 0 Å². The van der Waals surface area contributed by atoms with Crippen molar-refractivity contribution in [2.75, 3.05) is 22.8 Å². The summed E-state index contributed by atoms with van der Waals surface area (Å²) in [5.74, 6) is -1.62. The first-order valence-electron chi connectivity index (χ1n) is 12.1. The number of pyridine rings is 1. The number of piperidine rings is 1. The Bertz CT molecular complexity index is 1490. The maximum absolute atomic E-state index is 13.5. The minimum atomic E-state index is -3.50. The van der Waals surface area contributed by atoms with Crippen LogP contribution in [0.4, 0.5) is 26.2 Å². The summed E-state index contributed by atoms with van der Waals surface area (Å²) in [6.07, 6.45) is 5.74. The molecule has 2 aliphatic heterocycles. The summed E-state index contributed by atoms with van der Waals surface area (Å²) in [4.78, 5) is 30.2. The van der Waals surface area contributed by atoms with E-state index in [1.54, 1.807) is 12.3 Å². The van der Waals surface area contributed by atoms with Crippen LogP contribution < -0.4 is 10.0 Å². The summed E-state index contributed by atoms with van der Waals surface area (Å²) in [5, 5.41) is 2.92. The standard InChI is InChI=1S/C25H27F2N7O3S/c1-15-9-19(6-8-34(15)24(35)16-5-7-28-23(10-16)32-38(2,36)37)33-13-17-12-29-25(31-22(17)14-33)30-18-3-4-20(26)21(27)11-18/h3-5,7,10-12,15,19H,6,8-9,13-14H2,1-2H3,(H,28,32)(H,29,30,31)/t15-,19-/m1/s1. The Kier molecular flexibility index (Phi) is 6.97. The van der Waals surface area contributed by atoms with Crippen LogP contribution in [-0.2, 0) is 23.1 Å². The molecule has 10 nitrogen and oxygen atoms in total. The van der Waals surface area contributed by atoms with Gasteiger partial charge in [0, 0.05) is 67.0 Å². The van der Waals surface area contributed by atoms with Crippen LogP contribution in [0.15, 0.2) is 42.7 Å². The van der Waals surface area contributed by atoms with Gasteiger partial charge in [0.25, 0.3) is 5.91 Å². The fraction of sp³-hybridized carbons (Fsp3) is 0.360. The van der Waals surface area contributed by atoms with E-state index in [0.717, 1.165) is 42.5 Å². The van der Waals surface area contributed by atoms with Gasteiger partial charge in [-0.1, -0.05) is 0 Å². The maximum atomic E-state index is 13.5. The first-order chi connectivity index (χ1) is 18.1. The summed E-state index contributed by atoms with van der Waals surface area (Å²) in [6, 6.07) is 6.77. The van der Waals surface area contributed by atoms with E-state index < -0.39 is 21.7 Å². The van der Waals surface area contributed by atoms with E-state index >= 15 is 0 Å². The van der Waals surface area contributed by atoms with Crippen molar-refractivity contribution >= 4 is 33.4 Å². The Hall–Kier alpha value is -3.71. The minimum Gasteiger partial charge on any atom is -0.336 e. The lowest BCUT2D eigenvalue weighted by Crippen LogP contribution is -2.50. The van der Waals surface area contributed by atoms with Crippen molar-refractivity contribution in [2.24, 2.45) is 0 Å². The predicted molar refractivity (Wildman–Crippen MR) is 137 cm³/mol. The van der Waals surface area contributed by atoms with E-state index in [1.165, 1.54) is 18.3 Å². The fourth-order valence-corrected chi connectivity index (χ4v) is 5.45. The Balaban J connectivity index is 1.21. The highest BCUT2D eigenvalue weighted by Crippen LogP contribution is 2.31. The number of nitrogens with zero attached hydrogens (tertiary/aromatic N) is 5. The number of likely N-dealkylation sites (tertiary alicyclic amines) is 1. The van der Waals surface area contributed by atoms with Crippen LogP contribution in [0.25, 0.3) is 0 Å². The highest BCUT2D eigenvalue weighted by molar-refractivity contribution is 7.92. The van der Waals surface area contributed by atoms with Crippen molar-refractivity contribution in [3.8, 4) is 0 Å². The van der Waals surface area contributed by atoms with Gasteiger partial charge in [0.05, 0.1) is 11.9 Å². The van der Waals surface area contributed by atoms with E-state index in [4.69, 9.17) is 0 Å². The highest BCUT2D eigenvalue weighted by Gasteiger charge is 2.35. The molecule has 1 amide bonds. The molecule has 0 unspecified atom stereocenters. The summed E-state index contributed by atoms with van der Waals surface area (Å²) < 4.78 is 52.1. The van der Waals surface area contributed by atoms with Crippen LogP contribution in [0.3, 0.4) is 0 Å². The highest BCUT2D eigenvalue weighted by atomic mass is 32.2. The van der Waals surface area contributed by atoms with Gasteiger partial charge in [-0.15, -0.1) is 0 Å². The van der Waals surface area contributed by atoms with Gasteiger partial charge >= 0.3 is 0 Å². The second kappa shape index (κ2) is 10.2. The van der Waals surface area contributed by atoms with E-state index in [2.05, 4.69) is 29.9 Å². The van der Waals surface area contributed by atoms with Crippen molar-refractivity contribution in [3.63, 3.8) is 0 Å². The third kappa shape index (κ3) is 5.73. The Labute approximate surface area is 219 Å². The van der Waals surface area contributed by atoms with Gasteiger partial charge in [0.1, 0.15) is 5.82 Å². The minimum absolute atomic E-state index is 0.0267. The Morgan fingerprint density at radius 1 is 1.11 bits per heavy atom. The molecular weight excluding hydrogens is 516 g/mol. The molecule has 2 atom stereocenters. The third-order valence-corrected chi connectivity index (χ3v) is 7.36. The average Bonchev–Trinajstić information content (AvgIpc) is 3.28. The van der Waals surface area contributed by atoms with Gasteiger partial charge in [0.15, 0.2) is 11.6 Å².